The predicted octanol–water partition coefficient (Wildman–Crippen LogP) is 3.13. The van der Waals surface area contributed by atoms with Crippen molar-refractivity contribution in [2.45, 2.75) is 33.1 Å². The van der Waals surface area contributed by atoms with E-state index in [1.165, 1.54) is 17.4 Å². The molecule has 0 spiro atoms. The average Bonchev–Trinajstić information content (AvgIpc) is 2.06. The SMILES string of the molecule is CC(C)C1=CC/C(=C\OO)CC1. The average molecular weight is 168 g/mol. The predicted molar refractivity (Wildman–Crippen MR) is 48.6 cm³/mol. The molecule has 0 saturated heterocycles. The Balaban J connectivity index is 2.53. The van der Waals surface area contributed by atoms with E-state index in [4.69, 9.17) is 5.26 Å². The highest BCUT2D eigenvalue weighted by molar-refractivity contribution is 5.18. The topological polar surface area (TPSA) is 29.5 Å². The Morgan fingerprint density at radius 3 is 2.67 bits per heavy atom. The maximum absolute atomic E-state index is 8.20. The fourth-order valence-electron chi connectivity index (χ4n) is 1.48. The first kappa shape index (κ1) is 9.33. The molecule has 1 N–H and O–H groups in total. The minimum absolute atomic E-state index is 0.654. The summed E-state index contributed by atoms with van der Waals surface area (Å²) in [5.41, 5.74) is 2.69. The Bertz CT molecular complexity index is 202. The van der Waals surface area contributed by atoms with Crippen LogP contribution in [-0.4, -0.2) is 5.26 Å². The van der Waals surface area contributed by atoms with Gasteiger partial charge in [0.1, 0.15) is 6.26 Å². The highest BCUT2D eigenvalue weighted by Crippen LogP contribution is 2.27. The third kappa shape index (κ3) is 2.38. The zero-order valence-electron chi connectivity index (χ0n) is 7.71. The van der Waals surface area contributed by atoms with Gasteiger partial charge in [-0.2, -0.15) is 0 Å². The van der Waals surface area contributed by atoms with Gasteiger partial charge in [-0.1, -0.05) is 25.5 Å². The number of rotatable bonds is 2. The molecule has 68 valence electrons. The summed E-state index contributed by atoms with van der Waals surface area (Å²) in [7, 11) is 0. The van der Waals surface area contributed by atoms with Crippen molar-refractivity contribution in [1.29, 1.82) is 0 Å². The molecule has 0 saturated carbocycles. The van der Waals surface area contributed by atoms with Crippen molar-refractivity contribution >= 4 is 0 Å². The van der Waals surface area contributed by atoms with Gasteiger partial charge in [-0.3, -0.25) is 0 Å². The quantitative estimate of drug-likeness (QED) is 0.297. The lowest BCUT2D eigenvalue weighted by molar-refractivity contribution is -0.187. The van der Waals surface area contributed by atoms with E-state index in [9.17, 15) is 0 Å². The van der Waals surface area contributed by atoms with Crippen LogP contribution in [0.5, 0.6) is 0 Å². The van der Waals surface area contributed by atoms with Crippen molar-refractivity contribution in [3.63, 3.8) is 0 Å². The standard InChI is InChI=1S/C10H16O2/c1-8(2)10-5-3-9(4-6-10)7-12-11/h5,7-8,11H,3-4,6H2,1-2H3/b9-7+. The maximum Gasteiger partial charge on any atom is 0.128 e. The molecule has 12 heavy (non-hydrogen) atoms. The van der Waals surface area contributed by atoms with E-state index in [1.807, 2.05) is 0 Å². The highest BCUT2D eigenvalue weighted by Gasteiger charge is 2.10. The van der Waals surface area contributed by atoms with Crippen LogP contribution in [0, 0.1) is 5.92 Å². The van der Waals surface area contributed by atoms with Crippen LogP contribution in [0.3, 0.4) is 0 Å². The number of hydrogen-bond acceptors (Lipinski definition) is 2. The smallest absolute Gasteiger partial charge is 0.128 e. The van der Waals surface area contributed by atoms with E-state index in [-0.39, 0.29) is 0 Å². The molecule has 2 heteroatoms. The van der Waals surface area contributed by atoms with E-state index >= 15 is 0 Å². The molecule has 0 aromatic heterocycles. The van der Waals surface area contributed by atoms with Crippen molar-refractivity contribution in [3.05, 3.63) is 23.5 Å². The third-order valence-corrected chi connectivity index (χ3v) is 2.32. The van der Waals surface area contributed by atoms with Crippen LogP contribution in [0.1, 0.15) is 33.1 Å². The van der Waals surface area contributed by atoms with E-state index in [1.54, 1.807) is 0 Å². The first-order valence-electron chi connectivity index (χ1n) is 4.41. The lowest BCUT2D eigenvalue weighted by atomic mass is 9.89. The summed E-state index contributed by atoms with van der Waals surface area (Å²) in [4.78, 5) is 3.99. The Hall–Kier alpha value is -0.760. The largest absolute Gasteiger partial charge is 0.348 e. The summed E-state index contributed by atoms with van der Waals surface area (Å²) < 4.78 is 0. The molecular weight excluding hydrogens is 152 g/mol. The van der Waals surface area contributed by atoms with Gasteiger partial charge in [0.25, 0.3) is 0 Å². The molecular formula is C10H16O2. The van der Waals surface area contributed by atoms with Gasteiger partial charge in [0, 0.05) is 0 Å². The summed E-state index contributed by atoms with van der Waals surface area (Å²) >= 11 is 0. The van der Waals surface area contributed by atoms with Gasteiger partial charge in [-0.25, -0.2) is 5.26 Å². The number of hydrogen-bond donors (Lipinski definition) is 1. The van der Waals surface area contributed by atoms with Crippen LogP contribution < -0.4 is 0 Å². The van der Waals surface area contributed by atoms with Crippen molar-refractivity contribution in [3.8, 4) is 0 Å². The van der Waals surface area contributed by atoms with Gasteiger partial charge in [0.05, 0.1) is 0 Å². The van der Waals surface area contributed by atoms with Crippen molar-refractivity contribution in [2.75, 3.05) is 0 Å². The summed E-state index contributed by atoms with van der Waals surface area (Å²) in [6.07, 6.45) is 6.72. The molecule has 0 bridgehead atoms. The lowest BCUT2D eigenvalue weighted by Gasteiger charge is -2.17. The highest BCUT2D eigenvalue weighted by atomic mass is 17.1. The summed E-state index contributed by atoms with van der Waals surface area (Å²) in [6, 6.07) is 0. The fraction of sp³-hybridized carbons (Fsp3) is 0.600. The molecule has 0 unspecified atom stereocenters. The molecule has 0 radical (unpaired) electrons. The molecule has 0 aromatic carbocycles. The van der Waals surface area contributed by atoms with Gasteiger partial charge < -0.3 is 4.89 Å². The van der Waals surface area contributed by atoms with Gasteiger partial charge in [-0.15, -0.1) is 0 Å². The van der Waals surface area contributed by atoms with Crippen molar-refractivity contribution in [1.82, 2.24) is 0 Å². The van der Waals surface area contributed by atoms with Crippen LogP contribution in [0.25, 0.3) is 0 Å². The molecule has 2 nitrogen and oxygen atoms in total. The van der Waals surface area contributed by atoms with E-state index in [2.05, 4.69) is 24.8 Å². The summed E-state index contributed by atoms with van der Waals surface area (Å²) in [5.74, 6) is 0.654. The minimum atomic E-state index is 0.654. The van der Waals surface area contributed by atoms with Gasteiger partial charge in [0.15, 0.2) is 0 Å². The molecule has 1 aliphatic carbocycles. The van der Waals surface area contributed by atoms with Crippen LogP contribution in [-0.2, 0) is 4.89 Å². The van der Waals surface area contributed by atoms with E-state index in [0.29, 0.717) is 5.92 Å². The maximum atomic E-state index is 8.20. The molecule has 0 heterocycles. The summed E-state index contributed by atoms with van der Waals surface area (Å²) in [6.45, 7) is 4.42. The molecule has 1 rings (SSSR count). The van der Waals surface area contributed by atoms with Gasteiger partial charge >= 0.3 is 0 Å². The molecule has 1 aliphatic rings. The molecule has 0 aliphatic heterocycles. The monoisotopic (exact) mass is 168 g/mol. The Kier molecular flexibility index (Phi) is 3.35. The van der Waals surface area contributed by atoms with Crippen LogP contribution in [0.4, 0.5) is 0 Å². The second-order valence-electron chi connectivity index (χ2n) is 3.52. The number of allylic oxidation sites excluding steroid dienone is 3. The van der Waals surface area contributed by atoms with Crippen LogP contribution >= 0.6 is 0 Å². The Morgan fingerprint density at radius 1 is 1.50 bits per heavy atom. The second kappa shape index (κ2) is 4.31. The normalized spacial score (nSPS) is 21.3. The Labute approximate surface area is 73.5 Å². The third-order valence-electron chi connectivity index (χ3n) is 2.32. The van der Waals surface area contributed by atoms with Crippen molar-refractivity contribution < 1.29 is 10.1 Å². The van der Waals surface area contributed by atoms with E-state index in [0.717, 1.165) is 19.3 Å². The van der Waals surface area contributed by atoms with E-state index < -0.39 is 0 Å². The first-order valence-corrected chi connectivity index (χ1v) is 4.41. The zero-order valence-corrected chi connectivity index (χ0v) is 7.71. The van der Waals surface area contributed by atoms with Crippen molar-refractivity contribution in [2.24, 2.45) is 5.92 Å². The summed E-state index contributed by atoms with van der Waals surface area (Å²) in [5, 5.41) is 8.20. The minimum Gasteiger partial charge on any atom is -0.348 e. The van der Waals surface area contributed by atoms with Gasteiger partial charge in [-0.05, 0) is 30.8 Å². The molecule has 0 fully saturated rings. The Morgan fingerprint density at radius 2 is 2.25 bits per heavy atom. The van der Waals surface area contributed by atoms with Gasteiger partial charge in [0.2, 0.25) is 0 Å². The lowest BCUT2D eigenvalue weighted by Crippen LogP contribution is -2.01. The molecule has 0 aromatic rings. The van der Waals surface area contributed by atoms with Crippen LogP contribution in [0.2, 0.25) is 0 Å². The second-order valence-corrected chi connectivity index (χ2v) is 3.52. The molecule has 0 atom stereocenters. The van der Waals surface area contributed by atoms with Crippen LogP contribution in [0.15, 0.2) is 23.5 Å². The molecule has 0 amide bonds. The first-order chi connectivity index (χ1) is 5.74. The fourth-order valence-corrected chi connectivity index (χ4v) is 1.48. The zero-order chi connectivity index (χ0) is 8.97.